The third kappa shape index (κ3) is 5.09. The fraction of sp³-hybridized carbons (Fsp3) is 0.385. The minimum Gasteiger partial charge on any atom is -0.480 e. The Morgan fingerprint density at radius 3 is 2.52 bits per heavy atom. The van der Waals surface area contributed by atoms with Gasteiger partial charge in [0.1, 0.15) is 6.04 Å². The Balaban J connectivity index is 2.25. The number of carboxylic acid groups (broad SMARTS) is 1. The highest BCUT2D eigenvalue weighted by molar-refractivity contribution is 5.93. The van der Waals surface area contributed by atoms with Gasteiger partial charge >= 0.3 is 5.97 Å². The number of hydrogen-bond donors (Lipinski definition) is 3. The highest BCUT2D eigenvalue weighted by Gasteiger charge is 2.19. The SMILES string of the molecule is C=C1C=CC(=O)N1CCC(=O)NCC(=O)NC(C)C(=O)O. The second-order valence-electron chi connectivity index (χ2n) is 4.47. The first kappa shape index (κ1) is 16.4. The maximum Gasteiger partial charge on any atom is 0.325 e. The normalized spacial score (nSPS) is 15.0. The first-order valence-corrected chi connectivity index (χ1v) is 6.28. The van der Waals surface area contributed by atoms with E-state index < -0.39 is 23.8 Å². The molecule has 3 N–H and O–H groups in total. The Hall–Kier alpha value is -2.64. The fourth-order valence-corrected chi connectivity index (χ4v) is 1.58. The lowest BCUT2D eigenvalue weighted by atomic mass is 10.3. The predicted octanol–water partition coefficient (Wildman–Crippen LogP) is -1.01. The zero-order chi connectivity index (χ0) is 16.0. The molecule has 8 heteroatoms. The molecule has 0 fully saturated rings. The molecule has 21 heavy (non-hydrogen) atoms. The molecule has 1 rings (SSSR count). The van der Waals surface area contributed by atoms with Gasteiger partial charge < -0.3 is 20.6 Å². The van der Waals surface area contributed by atoms with Gasteiger partial charge in [0, 0.05) is 24.7 Å². The van der Waals surface area contributed by atoms with Gasteiger partial charge in [-0.05, 0) is 13.0 Å². The van der Waals surface area contributed by atoms with Crippen LogP contribution in [-0.2, 0) is 19.2 Å². The van der Waals surface area contributed by atoms with Crippen molar-refractivity contribution in [2.24, 2.45) is 0 Å². The highest BCUT2D eigenvalue weighted by Crippen LogP contribution is 2.12. The smallest absolute Gasteiger partial charge is 0.325 e. The molecule has 1 unspecified atom stereocenters. The molecule has 1 aliphatic heterocycles. The molecular weight excluding hydrogens is 278 g/mol. The topological polar surface area (TPSA) is 116 Å². The lowest BCUT2D eigenvalue weighted by molar-refractivity contribution is -0.141. The number of nitrogens with one attached hydrogen (secondary N) is 2. The molecule has 0 saturated carbocycles. The Kier molecular flexibility index (Phi) is 5.65. The van der Waals surface area contributed by atoms with E-state index in [2.05, 4.69) is 17.2 Å². The molecule has 0 bridgehead atoms. The van der Waals surface area contributed by atoms with Crippen molar-refractivity contribution < 1.29 is 24.3 Å². The summed E-state index contributed by atoms with van der Waals surface area (Å²) in [4.78, 5) is 46.1. The molecule has 1 aliphatic rings. The van der Waals surface area contributed by atoms with Gasteiger partial charge in [-0.1, -0.05) is 6.58 Å². The summed E-state index contributed by atoms with van der Waals surface area (Å²) in [5.41, 5.74) is 0.515. The van der Waals surface area contributed by atoms with Gasteiger partial charge in [0.15, 0.2) is 0 Å². The summed E-state index contributed by atoms with van der Waals surface area (Å²) < 4.78 is 0. The number of allylic oxidation sites excluding steroid dienone is 1. The van der Waals surface area contributed by atoms with Crippen LogP contribution < -0.4 is 10.6 Å². The number of carbonyl (C=O) groups excluding carboxylic acids is 3. The van der Waals surface area contributed by atoms with E-state index >= 15 is 0 Å². The Morgan fingerprint density at radius 1 is 1.33 bits per heavy atom. The second-order valence-corrected chi connectivity index (χ2v) is 4.47. The molecule has 0 radical (unpaired) electrons. The minimum absolute atomic E-state index is 0.0220. The molecule has 0 aromatic rings. The van der Waals surface area contributed by atoms with Gasteiger partial charge in [0.05, 0.1) is 6.54 Å². The zero-order valence-corrected chi connectivity index (χ0v) is 11.6. The molecule has 8 nitrogen and oxygen atoms in total. The molecule has 0 aromatic heterocycles. The zero-order valence-electron chi connectivity index (χ0n) is 11.6. The van der Waals surface area contributed by atoms with Crippen molar-refractivity contribution in [3.63, 3.8) is 0 Å². The number of aliphatic carboxylic acids is 1. The van der Waals surface area contributed by atoms with Crippen molar-refractivity contribution in [1.82, 2.24) is 15.5 Å². The lowest BCUT2D eigenvalue weighted by Gasteiger charge is -2.16. The number of hydrogen-bond acceptors (Lipinski definition) is 4. The monoisotopic (exact) mass is 295 g/mol. The summed E-state index contributed by atoms with van der Waals surface area (Å²) >= 11 is 0. The number of carbonyl (C=O) groups is 4. The molecular formula is C13H17N3O5. The van der Waals surface area contributed by atoms with Gasteiger partial charge in [0.2, 0.25) is 11.8 Å². The van der Waals surface area contributed by atoms with Gasteiger partial charge in [-0.15, -0.1) is 0 Å². The molecule has 3 amide bonds. The van der Waals surface area contributed by atoms with E-state index in [1.807, 2.05) is 0 Å². The van der Waals surface area contributed by atoms with E-state index in [4.69, 9.17) is 5.11 Å². The third-order valence-corrected chi connectivity index (χ3v) is 2.79. The van der Waals surface area contributed by atoms with E-state index in [-0.39, 0.29) is 25.4 Å². The summed E-state index contributed by atoms with van der Waals surface area (Å²) in [5.74, 6) is -2.41. The largest absolute Gasteiger partial charge is 0.480 e. The predicted molar refractivity (Wildman–Crippen MR) is 72.9 cm³/mol. The van der Waals surface area contributed by atoms with Crippen LogP contribution in [0.1, 0.15) is 13.3 Å². The van der Waals surface area contributed by atoms with Crippen molar-refractivity contribution in [2.45, 2.75) is 19.4 Å². The average molecular weight is 295 g/mol. The van der Waals surface area contributed by atoms with E-state index in [1.165, 1.54) is 17.9 Å². The first-order valence-electron chi connectivity index (χ1n) is 6.28. The van der Waals surface area contributed by atoms with Crippen molar-refractivity contribution in [2.75, 3.05) is 13.1 Å². The van der Waals surface area contributed by atoms with Crippen LogP contribution in [0.15, 0.2) is 24.4 Å². The van der Waals surface area contributed by atoms with Crippen LogP contribution in [0.2, 0.25) is 0 Å². The van der Waals surface area contributed by atoms with Crippen LogP contribution in [0.25, 0.3) is 0 Å². The van der Waals surface area contributed by atoms with Crippen LogP contribution in [-0.4, -0.2) is 52.8 Å². The van der Waals surface area contributed by atoms with Crippen molar-refractivity contribution in [3.8, 4) is 0 Å². The third-order valence-electron chi connectivity index (χ3n) is 2.79. The minimum atomic E-state index is -1.16. The van der Waals surface area contributed by atoms with Crippen LogP contribution in [0, 0.1) is 0 Å². The fourth-order valence-electron chi connectivity index (χ4n) is 1.58. The number of carboxylic acids is 1. The van der Waals surface area contributed by atoms with Crippen LogP contribution >= 0.6 is 0 Å². The lowest BCUT2D eigenvalue weighted by Crippen LogP contribution is -2.44. The van der Waals surface area contributed by atoms with Crippen LogP contribution in [0.5, 0.6) is 0 Å². The van der Waals surface area contributed by atoms with E-state index in [9.17, 15) is 19.2 Å². The van der Waals surface area contributed by atoms with E-state index in [0.717, 1.165) is 0 Å². The molecule has 114 valence electrons. The maximum atomic E-state index is 11.5. The molecule has 1 heterocycles. The Morgan fingerprint density at radius 2 is 2.00 bits per heavy atom. The van der Waals surface area contributed by atoms with Crippen LogP contribution in [0.3, 0.4) is 0 Å². The Bertz CT molecular complexity index is 494. The van der Waals surface area contributed by atoms with Crippen molar-refractivity contribution in [1.29, 1.82) is 0 Å². The molecule has 1 atom stereocenters. The van der Waals surface area contributed by atoms with Gasteiger partial charge in [0.25, 0.3) is 5.91 Å². The molecule has 0 spiro atoms. The number of nitrogens with zero attached hydrogens (tertiary/aromatic N) is 1. The quantitative estimate of drug-likeness (QED) is 0.557. The van der Waals surface area contributed by atoms with Gasteiger partial charge in [-0.2, -0.15) is 0 Å². The highest BCUT2D eigenvalue weighted by atomic mass is 16.4. The first-order chi connectivity index (χ1) is 9.81. The average Bonchev–Trinajstić information content (AvgIpc) is 2.73. The van der Waals surface area contributed by atoms with E-state index in [0.29, 0.717) is 5.70 Å². The van der Waals surface area contributed by atoms with Gasteiger partial charge in [-0.25, -0.2) is 0 Å². The van der Waals surface area contributed by atoms with Crippen LogP contribution in [0.4, 0.5) is 0 Å². The summed E-state index contributed by atoms with van der Waals surface area (Å²) in [5, 5.41) is 13.2. The summed E-state index contributed by atoms with van der Waals surface area (Å²) in [6.07, 6.45) is 2.94. The van der Waals surface area contributed by atoms with Crippen molar-refractivity contribution in [3.05, 3.63) is 24.4 Å². The summed E-state index contributed by atoms with van der Waals surface area (Å²) in [7, 11) is 0. The van der Waals surface area contributed by atoms with E-state index in [1.54, 1.807) is 6.08 Å². The molecule has 0 aromatic carbocycles. The second kappa shape index (κ2) is 7.22. The maximum absolute atomic E-state index is 11.5. The Labute approximate surface area is 121 Å². The molecule has 0 saturated heterocycles. The number of amides is 3. The number of rotatable bonds is 7. The standard InChI is InChI=1S/C13H17N3O5/c1-8-3-4-12(19)16(8)6-5-10(17)14-7-11(18)15-9(2)13(20)21/h3-4,9H,1,5-7H2,2H3,(H,14,17)(H,15,18)(H,20,21). The summed E-state index contributed by atoms with van der Waals surface area (Å²) in [6, 6.07) is -1.02. The summed E-state index contributed by atoms with van der Waals surface area (Å²) in [6.45, 7) is 4.83. The molecule has 0 aliphatic carbocycles. The van der Waals surface area contributed by atoms with Crippen molar-refractivity contribution >= 4 is 23.7 Å². The van der Waals surface area contributed by atoms with Gasteiger partial charge in [-0.3, -0.25) is 19.2 Å².